The van der Waals surface area contributed by atoms with E-state index in [0.717, 1.165) is 32.5 Å². The molecule has 29 heavy (non-hydrogen) atoms. The third-order valence-electron chi connectivity index (χ3n) is 6.17. The Morgan fingerprint density at radius 3 is 2.45 bits per heavy atom. The highest BCUT2D eigenvalue weighted by Crippen LogP contribution is 2.52. The van der Waals surface area contributed by atoms with Crippen LogP contribution in [0.2, 0.25) is 0 Å². The van der Waals surface area contributed by atoms with Gasteiger partial charge < -0.3 is 9.47 Å². The number of hydrogen-bond acceptors (Lipinski definition) is 5. The molecule has 0 bridgehead atoms. The van der Waals surface area contributed by atoms with Crippen molar-refractivity contribution in [2.45, 2.75) is 97.2 Å². The summed E-state index contributed by atoms with van der Waals surface area (Å²) in [5, 5.41) is 10.5. The zero-order valence-electron chi connectivity index (χ0n) is 18.2. The molecular formula is C22H37Br2NO2S2. The van der Waals surface area contributed by atoms with Crippen LogP contribution < -0.4 is 0 Å². The summed E-state index contributed by atoms with van der Waals surface area (Å²) in [4.78, 5) is 0. The highest BCUT2D eigenvalue weighted by molar-refractivity contribution is 9.11. The van der Waals surface area contributed by atoms with E-state index in [4.69, 9.17) is 9.47 Å². The fourth-order valence-corrected chi connectivity index (χ4v) is 9.30. The molecule has 2 aliphatic rings. The topological polar surface area (TPSA) is 42.2 Å². The van der Waals surface area contributed by atoms with Gasteiger partial charge in [0, 0.05) is 23.7 Å². The van der Waals surface area contributed by atoms with Gasteiger partial charge in [0.15, 0.2) is 0 Å². The molecule has 0 N–H and O–H groups in total. The zero-order valence-corrected chi connectivity index (χ0v) is 23.0. The van der Waals surface area contributed by atoms with Crippen molar-refractivity contribution in [1.29, 1.82) is 5.26 Å². The first-order chi connectivity index (χ1) is 13.9. The fraction of sp³-hybridized carbons (Fsp3) is 0.955. The van der Waals surface area contributed by atoms with E-state index in [0.29, 0.717) is 21.2 Å². The molecule has 2 saturated heterocycles. The zero-order chi connectivity index (χ0) is 21.4. The second-order valence-corrected chi connectivity index (χ2v) is 14.5. The summed E-state index contributed by atoms with van der Waals surface area (Å²) in [6, 6.07) is 2.53. The van der Waals surface area contributed by atoms with Gasteiger partial charge in [0.25, 0.3) is 0 Å². The average molecular weight is 571 g/mol. The van der Waals surface area contributed by atoms with Crippen molar-refractivity contribution < 1.29 is 9.47 Å². The monoisotopic (exact) mass is 569 g/mol. The summed E-state index contributed by atoms with van der Waals surface area (Å²) in [5.41, 5.74) is 0. The summed E-state index contributed by atoms with van der Waals surface area (Å²) < 4.78 is 13.5. The van der Waals surface area contributed by atoms with Crippen molar-refractivity contribution in [3.05, 3.63) is 0 Å². The normalized spacial score (nSPS) is 36.8. The molecule has 2 fully saturated rings. The Kier molecular flexibility index (Phi) is 12.3. The molecule has 0 amide bonds. The third-order valence-corrected chi connectivity index (χ3v) is 11.4. The number of thioether (sulfide) groups is 2. The molecule has 0 aliphatic carbocycles. The maximum Gasteiger partial charge on any atom is 0.0952 e. The van der Waals surface area contributed by atoms with Crippen LogP contribution in [0.4, 0.5) is 0 Å². The fourth-order valence-electron chi connectivity index (χ4n) is 3.89. The highest BCUT2D eigenvalue weighted by atomic mass is 79.9. The number of ether oxygens (including phenoxy) is 2. The molecule has 168 valence electrons. The Bertz CT molecular complexity index is 522. The molecule has 2 rings (SSSR count). The van der Waals surface area contributed by atoms with E-state index in [1.807, 2.05) is 23.5 Å². The van der Waals surface area contributed by atoms with Gasteiger partial charge in [0.2, 0.25) is 0 Å². The van der Waals surface area contributed by atoms with Crippen LogP contribution in [-0.4, -0.2) is 44.2 Å². The standard InChI is InChI=1S/C22H37Br2NO2S2/c1-5-8-9-15(7-3)13-27-19-16(11-25)22(24)29-21(19)20-17(10-18(23)28-20)26-12-14(4)6-2/h14-22H,5-10,12-13H2,1-4H3/t14?,15?,16-,17?,18?,19?,20?,21?,22?/m1/s1. The minimum atomic E-state index is -0.112. The maximum absolute atomic E-state index is 9.84. The Balaban J connectivity index is 2.07. The van der Waals surface area contributed by atoms with Crippen LogP contribution in [0.15, 0.2) is 0 Å². The molecule has 0 aromatic rings. The van der Waals surface area contributed by atoms with Crippen molar-refractivity contribution in [2.24, 2.45) is 17.8 Å². The minimum Gasteiger partial charge on any atom is -0.377 e. The van der Waals surface area contributed by atoms with Gasteiger partial charge in [0.05, 0.1) is 32.5 Å². The van der Waals surface area contributed by atoms with Crippen LogP contribution in [0.3, 0.4) is 0 Å². The van der Waals surface area contributed by atoms with Crippen molar-refractivity contribution >= 4 is 55.4 Å². The number of unbranched alkanes of at least 4 members (excludes halogenated alkanes) is 1. The molecule has 8 unspecified atom stereocenters. The van der Waals surface area contributed by atoms with Gasteiger partial charge in [-0.2, -0.15) is 5.26 Å². The van der Waals surface area contributed by atoms with E-state index in [-0.39, 0.29) is 27.5 Å². The van der Waals surface area contributed by atoms with E-state index in [9.17, 15) is 5.26 Å². The number of rotatable bonds is 12. The third kappa shape index (κ3) is 7.56. The Morgan fingerprint density at radius 1 is 1.07 bits per heavy atom. The second kappa shape index (κ2) is 13.6. The van der Waals surface area contributed by atoms with Crippen LogP contribution in [0.1, 0.15) is 66.2 Å². The Labute approximate surface area is 203 Å². The van der Waals surface area contributed by atoms with Crippen LogP contribution >= 0.6 is 55.4 Å². The van der Waals surface area contributed by atoms with Crippen molar-refractivity contribution in [1.82, 2.24) is 0 Å². The van der Waals surface area contributed by atoms with Gasteiger partial charge in [-0.05, 0) is 24.7 Å². The number of hydrogen-bond donors (Lipinski definition) is 0. The lowest BCUT2D eigenvalue weighted by molar-refractivity contribution is -0.00727. The summed E-state index contributed by atoms with van der Waals surface area (Å²) >= 11 is 11.4. The Hall–Kier alpha value is 1.07. The molecule has 0 aromatic carbocycles. The molecule has 0 radical (unpaired) electrons. The second-order valence-electron chi connectivity index (χ2n) is 8.45. The number of halogens is 2. The van der Waals surface area contributed by atoms with E-state index in [2.05, 4.69) is 65.6 Å². The van der Waals surface area contributed by atoms with E-state index in [1.165, 1.54) is 19.3 Å². The summed E-state index contributed by atoms with van der Waals surface area (Å²) in [6.45, 7) is 10.5. The molecule has 3 nitrogen and oxygen atoms in total. The average Bonchev–Trinajstić information content (AvgIpc) is 3.24. The van der Waals surface area contributed by atoms with Crippen LogP contribution in [-0.2, 0) is 9.47 Å². The smallest absolute Gasteiger partial charge is 0.0952 e. The summed E-state index contributed by atoms with van der Waals surface area (Å²) in [7, 11) is 0. The predicted molar refractivity (Wildman–Crippen MR) is 134 cm³/mol. The van der Waals surface area contributed by atoms with Crippen LogP contribution in [0, 0.1) is 29.1 Å². The largest absolute Gasteiger partial charge is 0.377 e. The molecule has 0 saturated carbocycles. The lowest BCUT2D eigenvalue weighted by Crippen LogP contribution is -2.41. The van der Waals surface area contributed by atoms with Gasteiger partial charge in [-0.15, -0.1) is 23.5 Å². The van der Waals surface area contributed by atoms with Crippen molar-refractivity contribution in [3.63, 3.8) is 0 Å². The number of alkyl halides is 2. The SMILES string of the molecule is CCCCC(CC)COC1C(C2SC(Br)CC2OCC(C)CC)SC(Br)[C@@H]1C#N. The van der Waals surface area contributed by atoms with Crippen LogP contribution in [0.5, 0.6) is 0 Å². The van der Waals surface area contributed by atoms with E-state index >= 15 is 0 Å². The molecular weight excluding hydrogens is 534 g/mol. The first kappa shape index (κ1) is 26.3. The number of nitriles is 1. The highest BCUT2D eigenvalue weighted by Gasteiger charge is 2.52. The van der Waals surface area contributed by atoms with E-state index < -0.39 is 0 Å². The van der Waals surface area contributed by atoms with Gasteiger partial charge >= 0.3 is 0 Å². The predicted octanol–water partition coefficient (Wildman–Crippen LogP) is 7.22. The molecule has 9 atom stereocenters. The lowest BCUT2D eigenvalue weighted by atomic mass is 9.97. The minimum absolute atomic E-state index is 0.0324. The van der Waals surface area contributed by atoms with Gasteiger partial charge in [-0.3, -0.25) is 0 Å². The molecule has 2 heterocycles. The van der Waals surface area contributed by atoms with E-state index in [1.54, 1.807) is 0 Å². The lowest BCUT2D eigenvalue weighted by Gasteiger charge is -2.31. The molecule has 0 aromatic heterocycles. The van der Waals surface area contributed by atoms with Crippen molar-refractivity contribution in [3.8, 4) is 6.07 Å². The maximum atomic E-state index is 9.84. The Morgan fingerprint density at radius 2 is 1.83 bits per heavy atom. The summed E-state index contributed by atoms with van der Waals surface area (Å²) in [6.07, 6.45) is 7.19. The first-order valence-corrected chi connectivity index (χ1v) is 14.9. The van der Waals surface area contributed by atoms with Gasteiger partial charge in [-0.25, -0.2) is 0 Å². The molecule has 2 aliphatic heterocycles. The van der Waals surface area contributed by atoms with Gasteiger partial charge in [-0.1, -0.05) is 85.2 Å². The molecule has 7 heteroatoms. The van der Waals surface area contributed by atoms with Gasteiger partial charge in [0.1, 0.15) is 0 Å². The quantitative estimate of drug-likeness (QED) is 0.232. The van der Waals surface area contributed by atoms with Crippen molar-refractivity contribution in [2.75, 3.05) is 13.2 Å². The number of nitrogens with zero attached hydrogens (tertiary/aromatic N) is 1. The summed E-state index contributed by atoms with van der Waals surface area (Å²) in [5.74, 6) is 1.06. The van der Waals surface area contributed by atoms with Crippen LogP contribution in [0.25, 0.3) is 0 Å². The molecule has 0 spiro atoms. The first-order valence-electron chi connectivity index (χ1n) is 11.2.